The van der Waals surface area contributed by atoms with Gasteiger partial charge in [0, 0.05) is 18.6 Å². The van der Waals surface area contributed by atoms with Crippen LogP contribution in [0.25, 0.3) is 0 Å². The molecule has 2 rings (SSSR count). The topological polar surface area (TPSA) is 61.4 Å². The third-order valence-electron chi connectivity index (χ3n) is 3.66. The van der Waals surface area contributed by atoms with E-state index in [1.165, 1.54) is 0 Å². The third-order valence-corrected chi connectivity index (χ3v) is 3.91. The summed E-state index contributed by atoms with van der Waals surface area (Å²) < 4.78 is 0. The lowest BCUT2D eigenvalue weighted by molar-refractivity contribution is -0.127. The number of carbonyl (C=O) groups excluding carboxylic acids is 2. The molecule has 21 heavy (non-hydrogen) atoms. The van der Waals surface area contributed by atoms with Crippen LogP contribution in [0.15, 0.2) is 24.3 Å². The molecule has 2 N–H and O–H groups in total. The van der Waals surface area contributed by atoms with Crippen LogP contribution in [-0.2, 0) is 16.1 Å². The number of halogens is 1. The predicted octanol–water partition coefficient (Wildman–Crippen LogP) is 1.17. The van der Waals surface area contributed by atoms with Crippen LogP contribution in [-0.4, -0.2) is 42.9 Å². The highest BCUT2D eigenvalue weighted by Crippen LogP contribution is 2.16. The number of likely N-dealkylation sites (tertiary alicyclic amines) is 1. The molecule has 0 aromatic heterocycles. The first-order chi connectivity index (χ1) is 10.1. The molecule has 1 fully saturated rings. The Balaban J connectivity index is 1.81. The van der Waals surface area contributed by atoms with Crippen molar-refractivity contribution < 1.29 is 9.59 Å². The number of nitrogens with zero attached hydrogens (tertiary/aromatic N) is 1. The second-order valence-corrected chi connectivity index (χ2v) is 5.58. The van der Waals surface area contributed by atoms with Gasteiger partial charge in [-0.3, -0.25) is 14.5 Å². The van der Waals surface area contributed by atoms with Crippen LogP contribution >= 0.6 is 11.6 Å². The summed E-state index contributed by atoms with van der Waals surface area (Å²) in [4.78, 5) is 25.6. The third kappa shape index (κ3) is 4.44. The zero-order valence-corrected chi connectivity index (χ0v) is 12.8. The monoisotopic (exact) mass is 309 g/mol. The lowest BCUT2D eigenvalue weighted by atomic mass is 10.2. The van der Waals surface area contributed by atoms with Gasteiger partial charge in [-0.05, 0) is 37.1 Å². The van der Waals surface area contributed by atoms with Crippen LogP contribution in [0, 0.1) is 0 Å². The second-order valence-electron chi connectivity index (χ2n) is 5.15. The summed E-state index contributed by atoms with van der Waals surface area (Å²) in [6.07, 6.45) is 1.76. The summed E-state index contributed by atoms with van der Waals surface area (Å²) in [7, 11) is 1.62. The minimum atomic E-state index is -0.184. The Labute approximate surface area is 129 Å². The summed E-state index contributed by atoms with van der Waals surface area (Å²) in [6, 6.07) is 7.17. The maximum absolute atomic E-state index is 12.0. The van der Waals surface area contributed by atoms with Gasteiger partial charge in [-0.15, -0.1) is 0 Å². The highest BCUT2D eigenvalue weighted by atomic mass is 35.5. The van der Waals surface area contributed by atoms with Crippen LogP contribution < -0.4 is 10.6 Å². The van der Waals surface area contributed by atoms with Gasteiger partial charge in [0.15, 0.2) is 0 Å². The average Bonchev–Trinajstić information content (AvgIpc) is 2.94. The van der Waals surface area contributed by atoms with E-state index in [9.17, 15) is 9.59 Å². The van der Waals surface area contributed by atoms with Gasteiger partial charge in [0.2, 0.25) is 11.8 Å². The minimum absolute atomic E-state index is 0.0157. The van der Waals surface area contributed by atoms with Crippen molar-refractivity contribution in [2.75, 3.05) is 20.1 Å². The SMILES string of the molecule is CNC(=O)[C@@H]1CCCN1CC(=O)NCc1ccc(Cl)cc1. The molecule has 5 nitrogen and oxygen atoms in total. The maximum atomic E-state index is 12.0. The van der Waals surface area contributed by atoms with Gasteiger partial charge in [0.05, 0.1) is 12.6 Å². The number of hydrogen-bond donors (Lipinski definition) is 2. The van der Waals surface area contributed by atoms with Crippen LogP contribution in [0.4, 0.5) is 0 Å². The number of nitrogens with one attached hydrogen (secondary N) is 2. The van der Waals surface area contributed by atoms with Gasteiger partial charge in [0.1, 0.15) is 0 Å². The second kappa shape index (κ2) is 7.43. The largest absolute Gasteiger partial charge is 0.358 e. The fraction of sp³-hybridized carbons (Fsp3) is 0.467. The normalized spacial score (nSPS) is 18.5. The molecule has 1 aliphatic rings. The van der Waals surface area contributed by atoms with Gasteiger partial charge in [0.25, 0.3) is 0 Å². The van der Waals surface area contributed by atoms with Crippen molar-refractivity contribution in [1.29, 1.82) is 0 Å². The number of hydrogen-bond acceptors (Lipinski definition) is 3. The summed E-state index contributed by atoms with van der Waals surface area (Å²) in [5, 5.41) is 6.19. The summed E-state index contributed by atoms with van der Waals surface area (Å²) >= 11 is 5.82. The molecule has 0 spiro atoms. The van der Waals surface area contributed by atoms with Crippen molar-refractivity contribution in [3.63, 3.8) is 0 Å². The molecule has 2 amide bonds. The highest BCUT2D eigenvalue weighted by molar-refractivity contribution is 6.30. The van der Waals surface area contributed by atoms with Crippen LogP contribution in [0.5, 0.6) is 0 Å². The molecule has 1 aliphatic heterocycles. The highest BCUT2D eigenvalue weighted by Gasteiger charge is 2.30. The van der Waals surface area contributed by atoms with E-state index >= 15 is 0 Å². The minimum Gasteiger partial charge on any atom is -0.358 e. The number of amides is 2. The first kappa shape index (κ1) is 15.8. The van der Waals surface area contributed by atoms with Crippen LogP contribution in [0.3, 0.4) is 0 Å². The molecule has 1 atom stereocenters. The van der Waals surface area contributed by atoms with Crippen LogP contribution in [0.2, 0.25) is 5.02 Å². The first-order valence-electron chi connectivity index (χ1n) is 7.07. The lowest BCUT2D eigenvalue weighted by Gasteiger charge is -2.22. The molecule has 0 radical (unpaired) electrons. The van der Waals surface area contributed by atoms with Gasteiger partial charge in [-0.2, -0.15) is 0 Å². The Morgan fingerprint density at radius 2 is 2.05 bits per heavy atom. The Morgan fingerprint density at radius 3 is 2.71 bits per heavy atom. The number of likely N-dealkylation sites (N-methyl/N-ethyl adjacent to an activating group) is 1. The molecule has 1 saturated heterocycles. The molecule has 1 aromatic carbocycles. The van der Waals surface area contributed by atoms with E-state index in [1.54, 1.807) is 19.2 Å². The molecular formula is C15H20ClN3O2. The first-order valence-corrected chi connectivity index (χ1v) is 7.44. The number of rotatable bonds is 5. The van der Waals surface area contributed by atoms with E-state index in [1.807, 2.05) is 17.0 Å². The molecule has 6 heteroatoms. The molecule has 114 valence electrons. The zero-order chi connectivity index (χ0) is 15.2. The van der Waals surface area contributed by atoms with Crippen molar-refractivity contribution in [2.45, 2.75) is 25.4 Å². The van der Waals surface area contributed by atoms with E-state index in [4.69, 9.17) is 11.6 Å². The van der Waals surface area contributed by atoms with E-state index in [2.05, 4.69) is 10.6 Å². The van der Waals surface area contributed by atoms with Gasteiger partial charge in [-0.1, -0.05) is 23.7 Å². The quantitative estimate of drug-likeness (QED) is 0.858. The molecule has 1 heterocycles. The van der Waals surface area contributed by atoms with Crippen molar-refractivity contribution in [2.24, 2.45) is 0 Å². The fourth-order valence-electron chi connectivity index (χ4n) is 2.52. The standard InChI is InChI=1S/C15H20ClN3O2/c1-17-15(21)13-3-2-8-19(13)10-14(20)18-9-11-4-6-12(16)7-5-11/h4-7,13H,2-3,8-10H2,1H3,(H,17,21)(H,18,20)/t13-/m0/s1. The Morgan fingerprint density at radius 1 is 1.33 bits per heavy atom. The molecule has 0 bridgehead atoms. The Hall–Kier alpha value is -1.59. The fourth-order valence-corrected chi connectivity index (χ4v) is 2.65. The van der Waals surface area contributed by atoms with E-state index in [0.29, 0.717) is 11.6 Å². The van der Waals surface area contributed by atoms with Crippen molar-refractivity contribution in [3.8, 4) is 0 Å². The number of benzene rings is 1. The summed E-state index contributed by atoms with van der Waals surface area (Å²) in [5.41, 5.74) is 0.997. The van der Waals surface area contributed by atoms with E-state index in [0.717, 1.165) is 24.9 Å². The van der Waals surface area contributed by atoms with Crippen molar-refractivity contribution in [3.05, 3.63) is 34.9 Å². The number of carbonyl (C=O) groups is 2. The molecule has 0 unspecified atom stereocenters. The molecule has 0 aliphatic carbocycles. The van der Waals surface area contributed by atoms with E-state index < -0.39 is 0 Å². The maximum Gasteiger partial charge on any atom is 0.237 e. The van der Waals surface area contributed by atoms with Gasteiger partial charge >= 0.3 is 0 Å². The Kier molecular flexibility index (Phi) is 5.59. The van der Waals surface area contributed by atoms with Crippen LogP contribution in [0.1, 0.15) is 18.4 Å². The van der Waals surface area contributed by atoms with Gasteiger partial charge < -0.3 is 10.6 Å². The summed E-state index contributed by atoms with van der Waals surface area (Å²) in [6.45, 7) is 1.51. The van der Waals surface area contributed by atoms with Crippen molar-refractivity contribution >= 4 is 23.4 Å². The lowest BCUT2D eigenvalue weighted by Crippen LogP contribution is -2.46. The zero-order valence-electron chi connectivity index (χ0n) is 12.1. The molecular weight excluding hydrogens is 290 g/mol. The molecule has 0 saturated carbocycles. The Bertz CT molecular complexity index is 504. The van der Waals surface area contributed by atoms with Gasteiger partial charge in [-0.25, -0.2) is 0 Å². The van der Waals surface area contributed by atoms with E-state index in [-0.39, 0.29) is 24.4 Å². The van der Waals surface area contributed by atoms with Crippen molar-refractivity contribution in [1.82, 2.24) is 15.5 Å². The molecule has 1 aromatic rings. The average molecular weight is 310 g/mol. The predicted molar refractivity (Wildman–Crippen MR) is 82.0 cm³/mol. The smallest absolute Gasteiger partial charge is 0.237 e. The summed E-state index contributed by atoms with van der Waals surface area (Å²) in [5.74, 6) is -0.0845.